The van der Waals surface area contributed by atoms with Crippen molar-refractivity contribution in [3.8, 4) is 5.75 Å². The Balaban J connectivity index is 2.18. The predicted molar refractivity (Wildman–Crippen MR) is 95.0 cm³/mol. The first-order chi connectivity index (χ1) is 11.4. The van der Waals surface area contributed by atoms with Crippen LogP contribution < -0.4 is 15.4 Å². The molecule has 0 unspecified atom stereocenters. The van der Waals surface area contributed by atoms with E-state index in [1.807, 2.05) is 18.9 Å². The van der Waals surface area contributed by atoms with Crippen LogP contribution in [-0.2, 0) is 9.59 Å². The maximum absolute atomic E-state index is 11.8. The van der Waals surface area contributed by atoms with Crippen LogP contribution in [0, 0.1) is 0 Å². The summed E-state index contributed by atoms with van der Waals surface area (Å²) in [4.78, 5) is 25.3. The summed E-state index contributed by atoms with van der Waals surface area (Å²) in [5, 5.41) is 6.02. The second kappa shape index (κ2) is 10.7. The topological polar surface area (TPSA) is 70.7 Å². The molecule has 0 aromatic heterocycles. The number of nitrogens with one attached hydrogen (secondary N) is 2. The van der Waals surface area contributed by atoms with Gasteiger partial charge in [0.25, 0.3) is 5.91 Å². The first-order valence-electron chi connectivity index (χ1n) is 7.72. The van der Waals surface area contributed by atoms with Gasteiger partial charge < -0.3 is 15.4 Å². The van der Waals surface area contributed by atoms with Crippen LogP contribution in [0.5, 0.6) is 5.75 Å². The maximum Gasteiger partial charge on any atom is 0.262 e. The molecule has 1 aromatic carbocycles. The third-order valence-electron chi connectivity index (χ3n) is 3.20. The van der Waals surface area contributed by atoms with Crippen LogP contribution >= 0.6 is 11.6 Å². The van der Waals surface area contributed by atoms with Crippen LogP contribution in [0.25, 0.3) is 0 Å². The zero-order valence-corrected chi connectivity index (χ0v) is 14.9. The predicted octanol–water partition coefficient (Wildman–Crippen LogP) is 1.81. The van der Waals surface area contributed by atoms with Gasteiger partial charge in [-0.25, -0.2) is 0 Å². The summed E-state index contributed by atoms with van der Waals surface area (Å²) >= 11 is 5.77. The number of rotatable bonds is 10. The summed E-state index contributed by atoms with van der Waals surface area (Å²) in [6.45, 7) is 7.22. The van der Waals surface area contributed by atoms with Gasteiger partial charge in [0.1, 0.15) is 5.75 Å². The van der Waals surface area contributed by atoms with Crippen molar-refractivity contribution in [2.75, 3.05) is 33.3 Å². The van der Waals surface area contributed by atoms with E-state index in [9.17, 15) is 9.59 Å². The van der Waals surface area contributed by atoms with E-state index in [0.717, 1.165) is 6.54 Å². The molecule has 24 heavy (non-hydrogen) atoms. The van der Waals surface area contributed by atoms with Gasteiger partial charge in [-0.3, -0.25) is 14.5 Å². The summed E-state index contributed by atoms with van der Waals surface area (Å²) in [6.07, 6.45) is 0.467. The molecule has 0 saturated heterocycles. The molecule has 2 N–H and O–H groups in total. The van der Waals surface area contributed by atoms with Crippen molar-refractivity contribution in [3.63, 3.8) is 0 Å². The van der Waals surface area contributed by atoms with E-state index in [2.05, 4.69) is 17.2 Å². The number of amides is 2. The fourth-order valence-electron chi connectivity index (χ4n) is 1.74. The Labute approximate surface area is 147 Å². The van der Waals surface area contributed by atoms with Crippen molar-refractivity contribution in [1.82, 2.24) is 15.5 Å². The number of benzene rings is 1. The molecule has 0 atom stereocenters. The number of hydrogen-bond donors (Lipinski definition) is 2. The number of likely N-dealkylation sites (N-methyl/N-ethyl adjacent to an activating group) is 1. The monoisotopic (exact) mass is 353 g/mol. The molecule has 0 aliphatic rings. The van der Waals surface area contributed by atoms with Gasteiger partial charge in [-0.2, -0.15) is 0 Å². The molecule has 0 saturated carbocycles. The van der Waals surface area contributed by atoms with E-state index in [1.54, 1.807) is 24.3 Å². The van der Waals surface area contributed by atoms with Gasteiger partial charge in [0.2, 0.25) is 5.91 Å². The Morgan fingerprint density at radius 3 is 2.54 bits per heavy atom. The Morgan fingerprint density at radius 2 is 1.92 bits per heavy atom. The minimum absolute atomic E-state index is 0.0513. The SMILES string of the molecule is C=C(CCNC(=O)CN(C)CC)NC(=O)COc1ccc(Cl)cc1. The summed E-state index contributed by atoms with van der Waals surface area (Å²) in [7, 11) is 1.87. The third kappa shape index (κ3) is 8.55. The molecule has 0 fully saturated rings. The van der Waals surface area contributed by atoms with E-state index < -0.39 is 0 Å². The summed E-state index contributed by atoms with van der Waals surface area (Å²) < 4.78 is 5.34. The first kappa shape index (κ1) is 20.0. The lowest BCUT2D eigenvalue weighted by atomic mass is 10.3. The lowest BCUT2D eigenvalue weighted by Crippen LogP contribution is -2.36. The van der Waals surface area contributed by atoms with Gasteiger partial charge >= 0.3 is 0 Å². The normalized spacial score (nSPS) is 10.3. The van der Waals surface area contributed by atoms with Gasteiger partial charge in [-0.1, -0.05) is 25.1 Å². The molecule has 6 nitrogen and oxygen atoms in total. The largest absolute Gasteiger partial charge is 0.484 e. The van der Waals surface area contributed by atoms with Crippen LogP contribution in [0.2, 0.25) is 5.02 Å². The van der Waals surface area contributed by atoms with Crippen molar-refractivity contribution in [2.45, 2.75) is 13.3 Å². The molecule has 0 heterocycles. The number of ether oxygens (including phenoxy) is 1. The highest BCUT2D eigenvalue weighted by atomic mass is 35.5. The highest BCUT2D eigenvalue weighted by Gasteiger charge is 2.07. The van der Waals surface area contributed by atoms with Gasteiger partial charge in [0, 0.05) is 23.7 Å². The van der Waals surface area contributed by atoms with Gasteiger partial charge in [-0.15, -0.1) is 0 Å². The molecule has 132 valence electrons. The smallest absolute Gasteiger partial charge is 0.262 e. The van der Waals surface area contributed by atoms with Crippen LogP contribution in [0.1, 0.15) is 13.3 Å². The Bertz CT molecular complexity index is 561. The average molecular weight is 354 g/mol. The van der Waals surface area contributed by atoms with Crippen LogP contribution in [-0.4, -0.2) is 50.0 Å². The van der Waals surface area contributed by atoms with Crippen molar-refractivity contribution >= 4 is 23.4 Å². The lowest BCUT2D eigenvalue weighted by Gasteiger charge is -2.14. The minimum atomic E-state index is -0.299. The average Bonchev–Trinajstić information content (AvgIpc) is 2.54. The standard InChI is InChI=1S/C17H24ClN3O3/c1-4-21(3)11-16(22)19-10-9-13(2)20-17(23)12-24-15-7-5-14(18)6-8-15/h5-8H,2,4,9-12H2,1,3H3,(H,19,22)(H,20,23). The van der Waals surface area contributed by atoms with Crippen LogP contribution in [0.3, 0.4) is 0 Å². The molecule has 0 radical (unpaired) electrons. The van der Waals surface area contributed by atoms with E-state index in [-0.39, 0.29) is 18.4 Å². The van der Waals surface area contributed by atoms with E-state index in [1.165, 1.54) is 0 Å². The molecule has 0 bridgehead atoms. The number of carbonyl (C=O) groups excluding carboxylic acids is 2. The second-order valence-corrected chi connectivity index (χ2v) is 5.76. The van der Waals surface area contributed by atoms with Crippen molar-refractivity contribution in [3.05, 3.63) is 41.6 Å². The van der Waals surface area contributed by atoms with Crippen LogP contribution in [0.4, 0.5) is 0 Å². The number of hydrogen-bond acceptors (Lipinski definition) is 4. The molecule has 0 aliphatic heterocycles. The molecule has 7 heteroatoms. The summed E-state index contributed by atoms with van der Waals surface area (Å²) in [5.74, 6) is 0.212. The maximum atomic E-state index is 11.8. The minimum Gasteiger partial charge on any atom is -0.484 e. The van der Waals surface area contributed by atoms with Crippen LogP contribution in [0.15, 0.2) is 36.5 Å². The zero-order chi connectivity index (χ0) is 17.9. The molecule has 0 aliphatic carbocycles. The van der Waals surface area contributed by atoms with Crippen molar-refractivity contribution in [1.29, 1.82) is 0 Å². The fraction of sp³-hybridized carbons (Fsp3) is 0.412. The number of halogens is 1. The number of carbonyl (C=O) groups is 2. The van der Waals surface area contributed by atoms with E-state index in [4.69, 9.17) is 16.3 Å². The molecular weight excluding hydrogens is 330 g/mol. The highest BCUT2D eigenvalue weighted by molar-refractivity contribution is 6.30. The molecular formula is C17H24ClN3O3. The van der Waals surface area contributed by atoms with Gasteiger partial charge in [0.05, 0.1) is 6.54 Å². The Hall–Kier alpha value is -2.05. The number of nitrogens with zero attached hydrogens (tertiary/aromatic N) is 1. The Morgan fingerprint density at radius 1 is 1.25 bits per heavy atom. The van der Waals surface area contributed by atoms with Crippen molar-refractivity contribution in [2.24, 2.45) is 0 Å². The van der Waals surface area contributed by atoms with Gasteiger partial charge in [0.15, 0.2) is 6.61 Å². The lowest BCUT2D eigenvalue weighted by molar-refractivity contribution is -0.122. The quantitative estimate of drug-likeness (QED) is 0.673. The third-order valence-corrected chi connectivity index (χ3v) is 3.45. The molecule has 2 amide bonds. The van der Waals surface area contributed by atoms with Gasteiger partial charge in [-0.05, 0) is 37.9 Å². The molecule has 1 aromatic rings. The van der Waals surface area contributed by atoms with E-state index in [0.29, 0.717) is 36.0 Å². The summed E-state index contributed by atoms with van der Waals surface area (Å²) in [5.41, 5.74) is 0.531. The zero-order valence-electron chi connectivity index (χ0n) is 14.1. The van der Waals surface area contributed by atoms with E-state index >= 15 is 0 Å². The van der Waals surface area contributed by atoms with Crippen molar-refractivity contribution < 1.29 is 14.3 Å². The highest BCUT2D eigenvalue weighted by Crippen LogP contribution is 2.15. The first-order valence-corrected chi connectivity index (χ1v) is 8.09. The second-order valence-electron chi connectivity index (χ2n) is 5.32. The molecule has 0 spiro atoms. The Kier molecular flexibility index (Phi) is 8.89. The summed E-state index contributed by atoms with van der Waals surface area (Å²) in [6, 6.07) is 6.75. The molecule has 1 rings (SSSR count). The fourth-order valence-corrected chi connectivity index (χ4v) is 1.87.